The minimum atomic E-state index is -3.53. The van der Waals surface area contributed by atoms with Crippen molar-refractivity contribution < 1.29 is 13.0 Å². The summed E-state index contributed by atoms with van der Waals surface area (Å²) in [7, 11) is -6.29. The molecule has 2 N–H and O–H groups in total. The van der Waals surface area contributed by atoms with Crippen LogP contribution in [0.5, 0.6) is 0 Å². The van der Waals surface area contributed by atoms with Gasteiger partial charge in [-0.1, -0.05) is 48.0 Å². The first kappa shape index (κ1) is 24.8. The minimum Gasteiger partial charge on any atom is -0.345 e. The Balaban J connectivity index is 1.94. The number of para-hydroxylation sites is 1. The molecule has 1 aromatic heterocycles. The van der Waals surface area contributed by atoms with Crippen LogP contribution in [-0.4, -0.2) is 47.6 Å². The van der Waals surface area contributed by atoms with Crippen LogP contribution in [0.1, 0.15) is 13.8 Å². The van der Waals surface area contributed by atoms with E-state index in [0.29, 0.717) is 5.69 Å². The number of nitrogens with one attached hydrogen (secondary N) is 2. The highest BCUT2D eigenvalue weighted by Gasteiger charge is 2.45. The Morgan fingerprint density at radius 3 is 2.53 bits per heavy atom. The highest BCUT2D eigenvalue weighted by molar-refractivity contribution is 7.92. The first-order valence-corrected chi connectivity index (χ1v) is 14.8. The monoisotopic (exact) mass is 514 g/mol. The van der Waals surface area contributed by atoms with E-state index in [0.717, 1.165) is 0 Å². The number of anilines is 3. The van der Waals surface area contributed by atoms with E-state index in [1.807, 2.05) is 0 Å². The Labute approximate surface area is 198 Å². The molecule has 1 heterocycles. The molecular weight excluding hydrogens is 490 g/mol. The molecule has 2 aromatic rings. The molecule has 1 aliphatic carbocycles. The number of rotatable bonds is 7. The van der Waals surface area contributed by atoms with Crippen molar-refractivity contribution in [1.82, 2.24) is 9.97 Å². The van der Waals surface area contributed by atoms with Gasteiger partial charge in [-0.2, -0.15) is 4.98 Å². The van der Waals surface area contributed by atoms with Gasteiger partial charge in [0.15, 0.2) is 15.7 Å². The summed E-state index contributed by atoms with van der Waals surface area (Å²) >= 11 is 13.0. The van der Waals surface area contributed by atoms with E-state index in [1.54, 1.807) is 69.7 Å². The normalized spacial score (nSPS) is 21.0. The average Bonchev–Trinajstić information content (AvgIpc) is 2.71. The lowest BCUT2D eigenvalue weighted by Crippen LogP contribution is -2.40. The smallest absolute Gasteiger partial charge is 0.225 e. The number of halogens is 2. The predicted octanol–water partition coefficient (Wildman–Crippen LogP) is 5.52. The van der Waals surface area contributed by atoms with E-state index >= 15 is 0 Å². The van der Waals surface area contributed by atoms with Crippen LogP contribution in [0, 0.1) is 0 Å². The second kappa shape index (κ2) is 9.18. The zero-order valence-electron chi connectivity index (χ0n) is 18.1. The molecule has 0 fully saturated rings. The SMILES string of the molecule is CC(C)S(=O)(=O)c1ccccc1Nc1nc(NC2C=CC=CC2(Cl)P(C)(C)=O)ncc1Cl. The Morgan fingerprint density at radius 1 is 1.19 bits per heavy atom. The largest absolute Gasteiger partial charge is 0.345 e. The molecule has 1 aliphatic rings. The third-order valence-electron chi connectivity index (χ3n) is 5.10. The molecule has 0 radical (unpaired) electrons. The maximum absolute atomic E-state index is 12.9. The van der Waals surface area contributed by atoms with Gasteiger partial charge in [0.2, 0.25) is 5.95 Å². The van der Waals surface area contributed by atoms with Crippen LogP contribution in [0.2, 0.25) is 5.02 Å². The molecule has 32 heavy (non-hydrogen) atoms. The highest BCUT2D eigenvalue weighted by atomic mass is 35.5. The fraction of sp³-hybridized carbons (Fsp3) is 0.333. The van der Waals surface area contributed by atoms with Gasteiger partial charge in [-0.25, -0.2) is 13.4 Å². The molecule has 2 unspecified atom stereocenters. The summed E-state index contributed by atoms with van der Waals surface area (Å²) in [4.78, 5) is 8.76. The fourth-order valence-electron chi connectivity index (χ4n) is 3.13. The van der Waals surface area contributed by atoms with Crippen LogP contribution in [0.25, 0.3) is 0 Å². The van der Waals surface area contributed by atoms with Crippen LogP contribution in [-0.2, 0) is 14.4 Å². The molecule has 0 saturated carbocycles. The van der Waals surface area contributed by atoms with Gasteiger partial charge >= 0.3 is 0 Å². The second-order valence-electron chi connectivity index (χ2n) is 8.05. The molecule has 0 spiro atoms. The van der Waals surface area contributed by atoms with E-state index in [2.05, 4.69) is 20.6 Å². The second-order valence-corrected chi connectivity index (χ2v) is 15.3. The number of nitrogens with zero attached hydrogens (tertiary/aromatic N) is 2. The van der Waals surface area contributed by atoms with Crippen LogP contribution >= 0.6 is 30.3 Å². The number of benzene rings is 1. The zero-order chi connectivity index (χ0) is 23.7. The van der Waals surface area contributed by atoms with Gasteiger partial charge in [0.25, 0.3) is 0 Å². The van der Waals surface area contributed by atoms with Crippen molar-refractivity contribution in [3.8, 4) is 0 Å². The van der Waals surface area contributed by atoms with Crippen molar-refractivity contribution >= 4 is 57.6 Å². The first-order valence-electron chi connectivity index (χ1n) is 9.85. The summed E-state index contributed by atoms with van der Waals surface area (Å²) < 4.78 is 37.2. The van der Waals surface area contributed by atoms with E-state index in [4.69, 9.17) is 23.2 Å². The maximum atomic E-state index is 12.9. The minimum absolute atomic E-state index is 0.150. The van der Waals surface area contributed by atoms with E-state index in [9.17, 15) is 13.0 Å². The molecule has 1 aromatic carbocycles. The lowest BCUT2D eigenvalue weighted by atomic mass is 10.1. The number of aromatic nitrogens is 2. The Bertz CT molecular complexity index is 1230. The van der Waals surface area contributed by atoms with Crippen LogP contribution < -0.4 is 10.6 Å². The molecule has 7 nitrogen and oxygen atoms in total. The molecule has 0 bridgehead atoms. The number of sulfone groups is 1. The van der Waals surface area contributed by atoms with E-state index in [1.165, 1.54) is 12.3 Å². The van der Waals surface area contributed by atoms with Gasteiger partial charge in [-0.3, -0.25) is 0 Å². The number of hydrogen-bond acceptors (Lipinski definition) is 7. The Hall–Kier alpha value is -1.86. The van der Waals surface area contributed by atoms with Gasteiger partial charge < -0.3 is 15.2 Å². The van der Waals surface area contributed by atoms with Crippen LogP contribution in [0.3, 0.4) is 0 Å². The molecule has 0 amide bonds. The van der Waals surface area contributed by atoms with Crippen molar-refractivity contribution in [1.29, 1.82) is 0 Å². The highest BCUT2D eigenvalue weighted by Crippen LogP contribution is 2.58. The number of allylic oxidation sites excluding steroid dienone is 2. The van der Waals surface area contributed by atoms with Gasteiger partial charge in [0.1, 0.15) is 16.8 Å². The predicted molar refractivity (Wildman–Crippen MR) is 133 cm³/mol. The Kier molecular flexibility index (Phi) is 7.11. The quantitative estimate of drug-likeness (QED) is 0.370. The third kappa shape index (κ3) is 4.88. The fourth-order valence-corrected chi connectivity index (χ4v) is 5.94. The first-order chi connectivity index (χ1) is 14.9. The lowest BCUT2D eigenvalue weighted by Gasteiger charge is -2.36. The standard InChI is InChI=1S/C21H25Cl2N4O3PS/c1-14(2)32(29,30)17-10-6-5-9-16(17)25-19-15(22)13-24-20(27-19)26-18-11-7-8-12-21(18,23)31(3,4)28/h5-14,18H,1-4H3,(H2,24,25,26,27). The zero-order valence-corrected chi connectivity index (χ0v) is 21.3. The number of alkyl halides is 1. The van der Waals surface area contributed by atoms with Gasteiger partial charge in [-0.15, -0.1) is 11.6 Å². The summed E-state index contributed by atoms with van der Waals surface area (Å²) in [5.41, 5.74) is 0.353. The summed E-state index contributed by atoms with van der Waals surface area (Å²) in [5, 5.41) is 5.74. The van der Waals surface area contributed by atoms with Crippen molar-refractivity contribution in [2.45, 2.75) is 34.6 Å². The molecule has 2 atom stereocenters. The topological polar surface area (TPSA) is 101 Å². The lowest BCUT2D eigenvalue weighted by molar-refractivity contribution is 0.569. The molecule has 0 saturated heterocycles. The third-order valence-corrected chi connectivity index (χ3v) is 11.2. The van der Waals surface area contributed by atoms with E-state index in [-0.39, 0.29) is 21.7 Å². The maximum Gasteiger partial charge on any atom is 0.225 e. The summed E-state index contributed by atoms with van der Waals surface area (Å²) in [5.74, 6) is 0.423. The summed E-state index contributed by atoms with van der Waals surface area (Å²) in [6, 6.07) is 6.03. The summed E-state index contributed by atoms with van der Waals surface area (Å²) in [6.45, 7) is 6.49. The van der Waals surface area contributed by atoms with Crippen molar-refractivity contribution in [3.63, 3.8) is 0 Å². The van der Waals surface area contributed by atoms with Crippen LogP contribution in [0.15, 0.2) is 59.7 Å². The molecule has 11 heteroatoms. The van der Waals surface area contributed by atoms with Crippen molar-refractivity contribution in [3.05, 3.63) is 59.8 Å². The Morgan fingerprint density at radius 2 is 1.88 bits per heavy atom. The van der Waals surface area contributed by atoms with E-state index < -0.39 is 32.9 Å². The number of hydrogen-bond donors (Lipinski definition) is 2. The van der Waals surface area contributed by atoms with Crippen molar-refractivity contribution in [2.75, 3.05) is 24.0 Å². The molecular formula is C21H25Cl2N4O3PS. The van der Waals surface area contributed by atoms with Gasteiger partial charge in [0, 0.05) is 0 Å². The molecule has 0 aliphatic heterocycles. The average molecular weight is 515 g/mol. The molecule has 172 valence electrons. The summed E-state index contributed by atoms with van der Waals surface area (Å²) in [6.07, 6.45) is 8.45. The van der Waals surface area contributed by atoms with Crippen molar-refractivity contribution in [2.24, 2.45) is 0 Å². The molecule has 3 rings (SSSR count). The van der Waals surface area contributed by atoms with Gasteiger partial charge in [-0.05, 0) is 39.3 Å². The van der Waals surface area contributed by atoms with Gasteiger partial charge in [0.05, 0.1) is 28.1 Å². The van der Waals surface area contributed by atoms with Crippen LogP contribution in [0.4, 0.5) is 17.5 Å².